The first-order chi connectivity index (χ1) is 11.8. The number of carbonyl (C=O) groups is 2. The molecule has 1 aromatic heterocycles. The van der Waals surface area contributed by atoms with Crippen molar-refractivity contribution in [3.63, 3.8) is 0 Å². The Kier molecular flexibility index (Phi) is 6.04. The molecule has 0 fully saturated rings. The van der Waals surface area contributed by atoms with E-state index in [0.717, 1.165) is 5.56 Å². The molecule has 0 spiro atoms. The van der Waals surface area contributed by atoms with Crippen molar-refractivity contribution in [3.8, 4) is 0 Å². The van der Waals surface area contributed by atoms with Crippen molar-refractivity contribution in [1.29, 1.82) is 0 Å². The fourth-order valence-electron chi connectivity index (χ4n) is 2.17. The Bertz CT molecular complexity index is 749. The Morgan fingerprint density at radius 3 is 2.88 bits per heavy atom. The third kappa shape index (κ3) is 5.55. The van der Waals surface area contributed by atoms with Crippen molar-refractivity contribution in [3.05, 3.63) is 47.8 Å². The molecule has 25 heavy (non-hydrogen) atoms. The van der Waals surface area contributed by atoms with Crippen LogP contribution in [0.15, 0.2) is 30.6 Å². The molecule has 2 rings (SSSR count). The second-order valence-corrected chi connectivity index (χ2v) is 5.77. The molecule has 0 bridgehead atoms. The molecule has 2 N–H and O–H groups in total. The number of rotatable bonds is 7. The highest BCUT2D eigenvalue weighted by Crippen LogP contribution is 2.05. The van der Waals surface area contributed by atoms with Gasteiger partial charge in [0.05, 0.1) is 19.0 Å². The van der Waals surface area contributed by atoms with Gasteiger partial charge in [-0.3, -0.25) is 4.79 Å². The van der Waals surface area contributed by atoms with Gasteiger partial charge in [-0.15, -0.1) is 0 Å². The van der Waals surface area contributed by atoms with E-state index in [4.69, 9.17) is 5.11 Å². The lowest BCUT2D eigenvalue weighted by atomic mass is 10.2. The smallest absolute Gasteiger partial charge is 0.317 e. The van der Waals surface area contributed by atoms with Gasteiger partial charge in [0.2, 0.25) is 0 Å². The number of carbonyl (C=O) groups excluding carboxylic acids is 1. The second-order valence-electron chi connectivity index (χ2n) is 5.77. The van der Waals surface area contributed by atoms with Crippen LogP contribution in [-0.2, 0) is 17.9 Å². The molecular weight excluding hydrogens is 329 g/mol. The van der Waals surface area contributed by atoms with Crippen molar-refractivity contribution in [1.82, 2.24) is 25.0 Å². The van der Waals surface area contributed by atoms with Crippen molar-refractivity contribution in [2.45, 2.75) is 20.0 Å². The van der Waals surface area contributed by atoms with Crippen LogP contribution in [0.3, 0.4) is 0 Å². The van der Waals surface area contributed by atoms with Crippen LogP contribution in [0.2, 0.25) is 0 Å². The summed E-state index contributed by atoms with van der Waals surface area (Å²) in [4.78, 5) is 28.1. The molecule has 0 saturated heterocycles. The standard InChI is InChI=1S/C16H20FN5O3/c1-11(15(23)24)8-21(2)16(25)18-7-14-19-10-22(20-14)9-12-4-3-5-13(17)6-12/h3-6,10-11H,7-9H2,1-2H3,(H,18,25)(H,23,24). The zero-order valence-electron chi connectivity index (χ0n) is 14.0. The van der Waals surface area contributed by atoms with E-state index in [1.807, 2.05) is 0 Å². The molecule has 9 heteroatoms. The summed E-state index contributed by atoms with van der Waals surface area (Å²) in [7, 11) is 1.52. The number of nitrogens with zero attached hydrogens (tertiary/aromatic N) is 4. The maximum Gasteiger partial charge on any atom is 0.317 e. The van der Waals surface area contributed by atoms with Crippen LogP contribution in [0.1, 0.15) is 18.3 Å². The molecule has 0 aliphatic carbocycles. The Hall–Kier alpha value is -2.97. The van der Waals surface area contributed by atoms with Crippen molar-refractivity contribution >= 4 is 12.0 Å². The summed E-state index contributed by atoms with van der Waals surface area (Å²) >= 11 is 0. The van der Waals surface area contributed by atoms with Gasteiger partial charge in [-0.1, -0.05) is 19.1 Å². The summed E-state index contributed by atoms with van der Waals surface area (Å²) in [5.74, 6) is -1.52. The second kappa shape index (κ2) is 8.22. The zero-order valence-corrected chi connectivity index (χ0v) is 14.0. The van der Waals surface area contributed by atoms with Gasteiger partial charge >= 0.3 is 12.0 Å². The predicted molar refractivity (Wildman–Crippen MR) is 87.2 cm³/mol. The maximum absolute atomic E-state index is 13.2. The highest BCUT2D eigenvalue weighted by atomic mass is 19.1. The highest BCUT2D eigenvalue weighted by Gasteiger charge is 2.17. The number of hydrogen-bond acceptors (Lipinski definition) is 4. The normalized spacial score (nSPS) is 11.8. The minimum absolute atomic E-state index is 0.0998. The molecule has 8 nitrogen and oxygen atoms in total. The first-order valence-electron chi connectivity index (χ1n) is 7.69. The lowest BCUT2D eigenvalue weighted by Crippen LogP contribution is -2.40. The molecule has 134 valence electrons. The number of carboxylic acids is 1. The van der Waals surface area contributed by atoms with Crippen LogP contribution >= 0.6 is 0 Å². The SMILES string of the molecule is CC(CN(C)C(=O)NCc1ncn(Cc2cccc(F)c2)n1)C(=O)O. The van der Waals surface area contributed by atoms with Crippen molar-refractivity contribution < 1.29 is 19.1 Å². The molecule has 1 aromatic carbocycles. The maximum atomic E-state index is 13.2. The van der Waals surface area contributed by atoms with Gasteiger partial charge in [0, 0.05) is 13.6 Å². The van der Waals surface area contributed by atoms with E-state index in [9.17, 15) is 14.0 Å². The number of nitrogens with one attached hydrogen (secondary N) is 1. The molecule has 1 heterocycles. The van der Waals surface area contributed by atoms with E-state index in [1.165, 1.54) is 37.3 Å². The number of amides is 2. The van der Waals surface area contributed by atoms with E-state index >= 15 is 0 Å². The highest BCUT2D eigenvalue weighted by molar-refractivity contribution is 5.75. The molecule has 1 atom stereocenters. The van der Waals surface area contributed by atoms with Crippen LogP contribution in [0.25, 0.3) is 0 Å². The van der Waals surface area contributed by atoms with E-state index in [1.54, 1.807) is 16.8 Å². The van der Waals surface area contributed by atoms with E-state index in [0.29, 0.717) is 12.4 Å². The summed E-state index contributed by atoms with van der Waals surface area (Å²) in [5, 5.41) is 15.7. The lowest BCUT2D eigenvalue weighted by Gasteiger charge is -2.19. The number of aromatic nitrogens is 3. The molecular formula is C16H20FN5O3. The van der Waals surface area contributed by atoms with Gasteiger partial charge in [0.25, 0.3) is 0 Å². The molecule has 0 radical (unpaired) electrons. The topological polar surface area (TPSA) is 100 Å². The summed E-state index contributed by atoms with van der Waals surface area (Å²) < 4.78 is 14.7. The van der Waals surface area contributed by atoms with Crippen molar-refractivity contribution in [2.75, 3.05) is 13.6 Å². The predicted octanol–water partition coefficient (Wildman–Crippen LogP) is 1.33. The monoisotopic (exact) mass is 349 g/mol. The molecule has 2 amide bonds. The third-order valence-electron chi connectivity index (χ3n) is 3.53. The van der Waals surface area contributed by atoms with Crippen LogP contribution in [0.4, 0.5) is 9.18 Å². The average molecular weight is 349 g/mol. The first kappa shape index (κ1) is 18.4. The minimum atomic E-state index is -0.961. The van der Waals surface area contributed by atoms with Crippen molar-refractivity contribution in [2.24, 2.45) is 5.92 Å². The summed E-state index contributed by atoms with van der Waals surface area (Å²) in [5.41, 5.74) is 0.753. The quantitative estimate of drug-likeness (QED) is 0.785. The fourth-order valence-corrected chi connectivity index (χ4v) is 2.17. The Labute approximate surface area is 144 Å². The number of carboxylic acid groups (broad SMARTS) is 1. The van der Waals surface area contributed by atoms with Gasteiger partial charge in [-0.25, -0.2) is 18.9 Å². The largest absolute Gasteiger partial charge is 0.481 e. The summed E-state index contributed by atoms with van der Waals surface area (Å²) in [6.45, 7) is 2.11. The number of hydrogen-bond donors (Lipinski definition) is 2. The minimum Gasteiger partial charge on any atom is -0.481 e. The van der Waals surface area contributed by atoms with Crippen LogP contribution < -0.4 is 5.32 Å². The number of benzene rings is 1. The summed E-state index contributed by atoms with van der Waals surface area (Å²) in [6, 6.07) is 5.78. The van der Waals surface area contributed by atoms with E-state index < -0.39 is 17.9 Å². The van der Waals surface area contributed by atoms with Gasteiger partial charge < -0.3 is 15.3 Å². The first-order valence-corrected chi connectivity index (χ1v) is 7.69. The Balaban J connectivity index is 1.84. The molecule has 0 aliphatic rings. The Morgan fingerprint density at radius 2 is 2.20 bits per heavy atom. The molecule has 0 saturated carbocycles. The molecule has 0 aliphatic heterocycles. The lowest BCUT2D eigenvalue weighted by molar-refractivity contribution is -0.141. The van der Waals surface area contributed by atoms with E-state index in [2.05, 4.69) is 15.4 Å². The molecule has 2 aromatic rings. The number of halogens is 1. The van der Waals surface area contributed by atoms with Gasteiger partial charge in [0.1, 0.15) is 12.1 Å². The van der Waals surface area contributed by atoms with E-state index in [-0.39, 0.29) is 18.9 Å². The van der Waals surface area contributed by atoms with Crippen LogP contribution in [0, 0.1) is 11.7 Å². The number of aliphatic carboxylic acids is 1. The third-order valence-corrected chi connectivity index (χ3v) is 3.53. The zero-order chi connectivity index (χ0) is 18.4. The summed E-state index contributed by atoms with van der Waals surface area (Å²) in [6.07, 6.45) is 1.50. The van der Waals surface area contributed by atoms with Crippen LogP contribution in [-0.4, -0.2) is 50.4 Å². The van der Waals surface area contributed by atoms with Crippen LogP contribution in [0.5, 0.6) is 0 Å². The average Bonchev–Trinajstić information content (AvgIpc) is 2.99. The van der Waals surface area contributed by atoms with Gasteiger partial charge in [-0.2, -0.15) is 5.10 Å². The van der Waals surface area contributed by atoms with Gasteiger partial charge in [0.15, 0.2) is 5.82 Å². The Morgan fingerprint density at radius 1 is 1.44 bits per heavy atom. The van der Waals surface area contributed by atoms with Gasteiger partial charge in [-0.05, 0) is 17.7 Å². The number of urea groups is 1. The molecule has 1 unspecified atom stereocenters. The fraction of sp³-hybridized carbons (Fsp3) is 0.375.